The maximum absolute atomic E-state index is 12.7. The van der Waals surface area contributed by atoms with Crippen molar-refractivity contribution in [2.75, 3.05) is 45.8 Å². The Bertz CT molecular complexity index is 766. The van der Waals surface area contributed by atoms with Gasteiger partial charge in [0, 0.05) is 43.8 Å². The highest BCUT2D eigenvalue weighted by Crippen LogP contribution is 2.21. The number of nitrogens with zero attached hydrogens (tertiary/aromatic N) is 3. The number of carbonyl (C=O) groups excluding carboxylic acids is 1. The van der Waals surface area contributed by atoms with Crippen LogP contribution < -0.4 is 5.32 Å². The second kappa shape index (κ2) is 8.60. The van der Waals surface area contributed by atoms with Crippen LogP contribution in [0, 0.1) is 13.8 Å². The molecule has 0 unspecified atom stereocenters. The van der Waals surface area contributed by atoms with E-state index in [1.165, 1.54) is 0 Å². The number of carbonyl (C=O) groups is 1. The molecular formula is C21H30N4O. The fraction of sp³-hybridized carbons (Fsp3) is 0.524. The third-order valence-electron chi connectivity index (χ3n) is 5.26. The van der Waals surface area contributed by atoms with Gasteiger partial charge in [-0.15, -0.1) is 0 Å². The van der Waals surface area contributed by atoms with Crippen molar-refractivity contribution in [3.05, 3.63) is 41.1 Å². The molecule has 0 bridgehead atoms. The molecule has 0 radical (unpaired) electrons. The van der Waals surface area contributed by atoms with Gasteiger partial charge in [0.15, 0.2) is 0 Å². The number of rotatable bonds is 6. The number of para-hydroxylation sites is 1. The molecule has 0 atom stereocenters. The van der Waals surface area contributed by atoms with Crippen LogP contribution in [-0.2, 0) is 0 Å². The smallest absolute Gasteiger partial charge is 0.252 e. The Labute approximate surface area is 156 Å². The summed E-state index contributed by atoms with van der Waals surface area (Å²) in [6.45, 7) is 13.7. The second-order valence-corrected chi connectivity index (χ2v) is 7.17. The number of piperazine rings is 1. The van der Waals surface area contributed by atoms with Crippen molar-refractivity contribution in [3.63, 3.8) is 0 Å². The van der Waals surface area contributed by atoms with Gasteiger partial charge in [-0.2, -0.15) is 0 Å². The number of benzene rings is 1. The van der Waals surface area contributed by atoms with Crippen molar-refractivity contribution in [1.29, 1.82) is 0 Å². The number of fused-ring (bicyclic) bond motifs is 1. The molecule has 0 aliphatic carbocycles. The van der Waals surface area contributed by atoms with Gasteiger partial charge in [0.1, 0.15) is 0 Å². The predicted molar refractivity (Wildman–Crippen MR) is 107 cm³/mol. The molecular weight excluding hydrogens is 324 g/mol. The van der Waals surface area contributed by atoms with Crippen molar-refractivity contribution in [3.8, 4) is 0 Å². The van der Waals surface area contributed by atoms with Crippen LogP contribution in [0.5, 0.6) is 0 Å². The van der Waals surface area contributed by atoms with Crippen LogP contribution in [0.3, 0.4) is 0 Å². The molecule has 0 saturated carbocycles. The molecule has 1 aliphatic rings. The Morgan fingerprint density at radius 2 is 1.88 bits per heavy atom. The van der Waals surface area contributed by atoms with Crippen LogP contribution in [0.4, 0.5) is 0 Å². The number of likely N-dealkylation sites (N-methyl/N-ethyl adjacent to an activating group) is 1. The van der Waals surface area contributed by atoms with Gasteiger partial charge >= 0.3 is 0 Å². The molecule has 26 heavy (non-hydrogen) atoms. The van der Waals surface area contributed by atoms with Crippen LogP contribution in [0.2, 0.25) is 0 Å². The summed E-state index contributed by atoms with van der Waals surface area (Å²) in [7, 11) is 0. The molecule has 1 aliphatic heterocycles. The molecule has 1 aromatic carbocycles. The molecule has 1 N–H and O–H groups in total. The molecule has 140 valence electrons. The molecule has 2 heterocycles. The molecule has 5 nitrogen and oxygen atoms in total. The predicted octanol–water partition coefficient (Wildman–Crippen LogP) is 2.61. The van der Waals surface area contributed by atoms with Gasteiger partial charge in [-0.3, -0.25) is 9.78 Å². The second-order valence-electron chi connectivity index (χ2n) is 7.17. The highest BCUT2D eigenvalue weighted by Gasteiger charge is 2.15. The molecule has 1 saturated heterocycles. The van der Waals surface area contributed by atoms with Crippen molar-refractivity contribution in [1.82, 2.24) is 20.1 Å². The van der Waals surface area contributed by atoms with E-state index in [4.69, 9.17) is 0 Å². The average Bonchev–Trinajstić information content (AvgIpc) is 2.65. The molecule has 1 aromatic heterocycles. The van der Waals surface area contributed by atoms with Crippen molar-refractivity contribution in [2.45, 2.75) is 27.2 Å². The highest BCUT2D eigenvalue weighted by atomic mass is 16.1. The lowest BCUT2D eigenvalue weighted by atomic mass is 10.0. The highest BCUT2D eigenvalue weighted by molar-refractivity contribution is 6.06. The zero-order valence-corrected chi connectivity index (χ0v) is 16.2. The summed E-state index contributed by atoms with van der Waals surface area (Å²) >= 11 is 0. The Hall–Kier alpha value is -1.98. The first-order valence-corrected chi connectivity index (χ1v) is 9.68. The number of aromatic nitrogens is 1. The SMILES string of the molecule is CCN1CCN(CCCNC(=O)c2cc(C)nc3c(C)cccc23)CC1. The fourth-order valence-corrected chi connectivity index (χ4v) is 3.64. The number of amides is 1. The molecule has 1 fully saturated rings. The Morgan fingerprint density at radius 1 is 1.15 bits per heavy atom. The van der Waals surface area contributed by atoms with Gasteiger partial charge in [-0.25, -0.2) is 0 Å². The van der Waals surface area contributed by atoms with Gasteiger partial charge in [-0.1, -0.05) is 25.1 Å². The summed E-state index contributed by atoms with van der Waals surface area (Å²) in [4.78, 5) is 22.3. The van der Waals surface area contributed by atoms with E-state index in [9.17, 15) is 4.79 Å². The van der Waals surface area contributed by atoms with Crippen molar-refractivity contribution < 1.29 is 4.79 Å². The topological polar surface area (TPSA) is 48.5 Å². The summed E-state index contributed by atoms with van der Waals surface area (Å²) in [5, 5.41) is 4.03. The Morgan fingerprint density at radius 3 is 2.62 bits per heavy atom. The summed E-state index contributed by atoms with van der Waals surface area (Å²) < 4.78 is 0. The van der Waals surface area contributed by atoms with Crippen molar-refractivity contribution >= 4 is 16.8 Å². The van der Waals surface area contributed by atoms with Gasteiger partial charge < -0.3 is 15.1 Å². The van der Waals surface area contributed by atoms with Gasteiger partial charge in [0.25, 0.3) is 5.91 Å². The molecule has 0 spiro atoms. The van der Waals surface area contributed by atoms with E-state index in [1.807, 2.05) is 38.1 Å². The molecule has 1 amide bonds. The third kappa shape index (κ3) is 4.40. The monoisotopic (exact) mass is 354 g/mol. The maximum Gasteiger partial charge on any atom is 0.252 e. The summed E-state index contributed by atoms with van der Waals surface area (Å²) in [5.41, 5.74) is 3.64. The third-order valence-corrected chi connectivity index (χ3v) is 5.26. The van der Waals surface area contributed by atoms with E-state index in [0.717, 1.165) is 73.4 Å². The Kier molecular flexibility index (Phi) is 6.22. The minimum Gasteiger partial charge on any atom is -0.352 e. The van der Waals surface area contributed by atoms with Gasteiger partial charge in [0.2, 0.25) is 0 Å². The fourth-order valence-electron chi connectivity index (χ4n) is 3.64. The lowest BCUT2D eigenvalue weighted by molar-refractivity contribution is 0.0949. The largest absolute Gasteiger partial charge is 0.352 e. The zero-order chi connectivity index (χ0) is 18.5. The van der Waals surface area contributed by atoms with E-state index in [-0.39, 0.29) is 5.91 Å². The maximum atomic E-state index is 12.7. The average molecular weight is 354 g/mol. The van der Waals surface area contributed by atoms with Crippen LogP contribution in [0.15, 0.2) is 24.3 Å². The van der Waals surface area contributed by atoms with E-state index in [2.05, 4.69) is 27.0 Å². The van der Waals surface area contributed by atoms with E-state index in [0.29, 0.717) is 6.54 Å². The quantitative estimate of drug-likeness (QED) is 0.810. The molecule has 2 aromatic rings. The summed E-state index contributed by atoms with van der Waals surface area (Å²) in [6, 6.07) is 7.90. The normalized spacial score (nSPS) is 16.1. The number of hydrogen-bond acceptors (Lipinski definition) is 4. The number of hydrogen-bond donors (Lipinski definition) is 1. The standard InChI is InChI=1S/C21H30N4O/c1-4-24-11-13-25(14-12-24)10-6-9-22-21(26)19-15-17(3)23-20-16(2)7-5-8-18(19)20/h5,7-8,15H,4,6,9-14H2,1-3H3,(H,22,26). The number of aryl methyl sites for hydroxylation is 2. The minimum atomic E-state index is 0.00176. The first-order valence-electron chi connectivity index (χ1n) is 9.68. The van der Waals surface area contributed by atoms with Crippen molar-refractivity contribution in [2.24, 2.45) is 0 Å². The summed E-state index contributed by atoms with van der Waals surface area (Å²) in [5.74, 6) is 0.00176. The van der Waals surface area contributed by atoms with Gasteiger partial charge in [-0.05, 0) is 45.0 Å². The molecule has 5 heteroatoms. The zero-order valence-electron chi connectivity index (χ0n) is 16.2. The van der Waals surface area contributed by atoms with Crippen LogP contribution in [0.1, 0.15) is 35.0 Å². The first-order chi connectivity index (χ1) is 12.6. The van der Waals surface area contributed by atoms with E-state index >= 15 is 0 Å². The lowest BCUT2D eigenvalue weighted by Crippen LogP contribution is -2.46. The van der Waals surface area contributed by atoms with Crippen LogP contribution in [0.25, 0.3) is 10.9 Å². The minimum absolute atomic E-state index is 0.00176. The number of nitrogens with one attached hydrogen (secondary N) is 1. The van der Waals surface area contributed by atoms with E-state index in [1.54, 1.807) is 0 Å². The lowest BCUT2D eigenvalue weighted by Gasteiger charge is -2.33. The van der Waals surface area contributed by atoms with Gasteiger partial charge in [0.05, 0.1) is 11.1 Å². The first kappa shape index (κ1) is 18.8. The summed E-state index contributed by atoms with van der Waals surface area (Å²) in [6.07, 6.45) is 0.985. The Balaban J connectivity index is 1.54. The molecule has 3 rings (SSSR count). The van der Waals surface area contributed by atoms with Crippen LogP contribution in [-0.4, -0.2) is 66.5 Å². The van der Waals surface area contributed by atoms with Crippen LogP contribution >= 0.6 is 0 Å². The van der Waals surface area contributed by atoms with E-state index < -0.39 is 0 Å². The number of pyridine rings is 1.